The number of nitrogens with zero attached hydrogens (tertiary/aromatic N) is 4. The van der Waals surface area contributed by atoms with Crippen molar-refractivity contribution >= 4 is 37.5 Å². The van der Waals surface area contributed by atoms with Crippen LogP contribution in [-0.2, 0) is 14.8 Å². The van der Waals surface area contributed by atoms with Crippen molar-refractivity contribution in [2.24, 2.45) is 5.92 Å². The van der Waals surface area contributed by atoms with Crippen molar-refractivity contribution in [1.29, 1.82) is 0 Å². The lowest BCUT2D eigenvalue weighted by molar-refractivity contribution is -0.137. The molecule has 3 aromatic rings. The number of rotatable bonds is 5. The molecule has 1 aliphatic heterocycles. The molecule has 8 nitrogen and oxygen atoms in total. The van der Waals surface area contributed by atoms with Gasteiger partial charge in [-0.25, -0.2) is 13.4 Å². The van der Waals surface area contributed by atoms with Gasteiger partial charge in [0.1, 0.15) is 15.6 Å². The second kappa shape index (κ2) is 8.33. The van der Waals surface area contributed by atoms with Gasteiger partial charge in [-0.3, -0.25) is 4.79 Å². The molecule has 0 spiro atoms. The monoisotopic (exact) mass is 462 g/mol. The Morgan fingerprint density at radius 1 is 1.26 bits per heavy atom. The second-order valence-electron chi connectivity index (χ2n) is 7.98. The van der Waals surface area contributed by atoms with E-state index in [1.165, 1.54) is 4.31 Å². The Morgan fingerprint density at radius 3 is 2.55 bits per heavy atom. The molecule has 10 heteroatoms. The van der Waals surface area contributed by atoms with Crippen LogP contribution in [0.15, 0.2) is 33.7 Å². The third-order valence-corrected chi connectivity index (χ3v) is 9.32. The lowest BCUT2D eigenvalue weighted by atomic mass is 9.96. The van der Waals surface area contributed by atoms with Crippen molar-refractivity contribution in [1.82, 2.24) is 19.3 Å². The van der Waals surface area contributed by atoms with E-state index in [0.717, 1.165) is 15.2 Å². The van der Waals surface area contributed by atoms with Crippen LogP contribution in [0, 0.1) is 19.8 Å². The maximum atomic E-state index is 13.1. The minimum absolute atomic E-state index is 0.0288. The van der Waals surface area contributed by atoms with Crippen molar-refractivity contribution in [3.05, 3.63) is 40.7 Å². The van der Waals surface area contributed by atoms with Crippen molar-refractivity contribution in [3.63, 3.8) is 0 Å². The van der Waals surface area contributed by atoms with Gasteiger partial charge in [0.05, 0.1) is 16.3 Å². The summed E-state index contributed by atoms with van der Waals surface area (Å²) in [5, 5.41) is 4.66. The van der Waals surface area contributed by atoms with E-state index in [0.29, 0.717) is 37.4 Å². The SMILES string of the molecule is Cc1noc(C)c1S(=O)(=O)N1CCC(C(=O)N(C)[C@H](C)c2nc3ccccc3s2)CC1. The number of hydrogen-bond donors (Lipinski definition) is 0. The van der Waals surface area contributed by atoms with Crippen molar-refractivity contribution in [2.75, 3.05) is 20.1 Å². The Balaban J connectivity index is 1.43. The first-order valence-corrected chi connectivity index (χ1v) is 12.5. The van der Waals surface area contributed by atoms with Crippen LogP contribution in [0.3, 0.4) is 0 Å². The van der Waals surface area contributed by atoms with Crippen molar-refractivity contribution < 1.29 is 17.7 Å². The summed E-state index contributed by atoms with van der Waals surface area (Å²) in [6.07, 6.45) is 0.969. The minimum Gasteiger partial charge on any atom is -0.360 e. The highest BCUT2D eigenvalue weighted by molar-refractivity contribution is 7.89. The molecule has 1 aliphatic rings. The average molecular weight is 463 g/mol. The number of thiazole rings is 1. The zero-order valence-electron chi connectivity index (χ0n) is 18.0. The van der Waals surface area contributed by atoms with Crippen LogP contribution >= 0.6 is 11.3 Å². The molecule has 0 N–H and O–H groups in total. The number of aromatic nitrogens is 2. The molecule has 2 aromatic heterocycles. The summed E-state index contributed by atoms with van der Waals surface area (Å²) >= 11 is 1.60. The molecule has 4 rings (SSSR count). The Hall–Kier alpha value is -2.30. The Kier molecular flexibility index (Phi) is 5.89. The number of benzene rings is 1. The van der Waals surface area contributed by atoms with Crippen molar-refractivity contribution in [3.8, 4) is 0 Å². The lowest BCUT2D eigenvalue weighted by Gasteiger charge is -2.33. The highest BCUT2D eigenvalue weighted by Crippen LogP contribution is 2.32. The van der Waals surface area contributed by atoms with Gasteiger partial charge in [-0.05, 0) is 45.7 Å². The van der Waals surface area contributed by atoms with E-state index in [1.54, 1.807) is 37.1 Å². The molecule has 1 atom stereocenters. The molecule has 1 aromatic carbocycles. The summed E-state index contributed by atoms with van der Waals surface area (Å²) < 4.78 is 33.6. The number of carbonyl (C=O) groups is 1. The number of carbonyl (C=O) groups excluding carboxylic acids is 1. The molecule has 1 amide bonds. The van der Waals surface area contributed by atoms with Crippen molar-refractivity contribution in [2.45, 2.75) is 44.6 Å². The summed E-state index contributed by atoms with van der Waals surface area (Å²) in [4.78, 5) is 19.7. The predicted octanol–water partition coefficient (Wildman–Crippen LogP) is 3.52. The van der Waals surface area contributed by atoms with Gasteiger partial charge in [0, 0.05) is 26.1 Å². The first-order valence-electron chi connectivity index (χ1n) is 10.2. The number of para-hydroxylation sites is 1. The van der Waals surface area contributed by atoms with E-state index < -0.39 is 10.0 Å². The van der Waals surface area contributed by atoms with E-state index in [-0.39, 0.29) is 22.8 Å². The van der Waals surface area contributed by atoms with Crippen LogP contribution in [0.4, 0.5) is 0 Å². The number of amides is 1. The average Bonchev–Trinajstić information content (AvgIpc) is 3.35. The molecule has 31 heavy (non-hydrogen) atoms. The summed E-state index contributed by atoms with van der Waals surface area (Å²) in [6.45, 7) is 5.80. The third-order valence-electron chi connectivity index (χ3n) is 5.97. The molecular weight excluding hydrogens is 436 g/mol. The molecule has 0 bridgehead atoms. The molecule has 0 radical (unpaired) electrons. The van der Waals surface area contributed by atoms with E-state index >= 15 is 0 Å². The van der Waals surface area contributed by atoms with E-state index in [4.69, 9.17) is 4.52 Å². The highest BCUT2D eigenvalue weighted by Gasteiger charge is 2.37. The molecule has 1 fully saturated rings. The number of sulfonamides is 1. The zero-order chi connectivity index (χ0) is 22.3. The maximum absolute atomic E-state index is 13.1. The van der Waals surface area contributed by atoms with Gasteiger partial charge < -0.3 is 9.42 Å². The Labute approximate surface area is 185 Å². The van der Waals surface area contributed by atoms with E-state index in [9.17, 15) is 13.2 Å². The second-order valence-corrected chi connectivity index (χ2v) is 10.9. The standard InChI is InChI=1S/C21H26N4O4S2/c1-13-19(15(3)29-23-13)31(27,28)25-11-9-16(10-12-25)21(26)24(4)14(2)20-22-17-7-5-6-8-18(17)30-20/h5-8,14,16H,9-12H2,1-4H3/t14-/m1/s1. The largest absolute Gasteiger partial charge is 0.360 e. The number of fused-ring (bicyclic) bond motifs is 1. The third kappa shape index (κ3) is 3.99. The van der Waals surface area contributed by atoms with Crippen LogP contribution in [0.25, 0.3) is 10.2 Å². The first kappa shape index (κ1) is 21.9. The van der Waals surface area contributed by atoms with Crippen LogP contribution in [0.2, 0.25) is 0 Å². The summed E-state index contributed by atoms with van der Waals surface area (Å²) in [5.74, 6) is 0.110. The summed E-state index contributed by atoms with van der Waals surface area (Å²) in [6, 6.07) is 7.79. The van der Waals surface area contributed by atoms with Crippen LogP contribution in [0.1, 0.15) is 42.3 Å². The van der Waals surface area contributed by atoms with Crippen LogP contribution < -0.4 is 0 Å². The topological polar surface area (TPSA) is 96.6 Å². The molecule has 0 unspecified atom stereocenters. The fourth-order valence-corrected chi connectivity index (χ4v) is 6.85. The predicted molar refractivity (Wildman–Crippen MR) is 118 cm³/mol. The molecule has 3 heterocycles. The van der Waals surface area contributed by atoms with Gasteiger partial charge in [0.2, 0.25) is 15.9 Å². The van der Waals surface area contributed by atoms with E-state index in [1.807, 2.05) is 31.2 Å². The van der Waals surface area contributed by atoms with Gasteiger partial charge in [-0.15, -0.1) is 11.3 Å². The highest BCUT2D eigenvalue weighted by atomic mass is 32.2. The molecule has 0 aliphatic carbocycles. The van der Waals surface area contributed by atoms with Gasteiger partial charge in [0.25, 0.3) is 0 Å². The Bertz CT molecular complexity index is 1160. The molecule has 0 saturated carbocycles. The Morgan fingerprint density at radius 2 is 1.94 bits per heavy atom. The quantitative estimate of drug-likeness (QED) is 0.576. The fraction of sp³-hybridized carbons (Fsp3) is 0.476. The van der Waals surface area contributed by atoms with Gasteiger partial charge in [-0.2, -0.15) is 4.31 Å². The maximum Gasteiger partial charge on any atom is 0.248 e. The summed E-state index contributed by atoms with van der Waals surface area (Å²) in [7, 11) is -1.88. The smallest absolute Gasteiger partial charge is 0.248 e. The summed E-state index contributed by atoms with van der Waals surface area (Å²) in [5.41, 5.74) is 1.30. The molecular formula is C21H26N4O4S2. The minimum atomic E-state index is -3.68. The van der Waals surface area contributed by atoms with Gasteiger partial charge in [-0.1, -0.05) is 17.3 Å². The zero-order valence-corrected chi connectivity index (χ0v) is 19.7. The van der Waals surface area contributed by atoms with Crippen LogP contribution in [0.5, 0.6) is 0 Å². The lowest BCUT2D eigenvalue weighted by Crippen LogP contribution is -2.44. The molecule has 166 valence electrons. The number of hydrogen-bond acceptors (Lipinski definition) is 7. The molecule has 1 saturated heterocycles. The fourth-order valence-electron chi connectivity index (χ4n) is 4.03. The number of piperidine rings is 1. The van der Waals surface area contributed by atoms with E-state index in [2.05, 4.69) is 10.1 Å². The normalized spacial score (nSPS) is 17.2. The van der Waals surface area contributed by atoms with Gasteiger partial charge >= 0.3 is 0 Å². The first-order chi connectivity index (χ1) is 14.7. The number of aryl methyl sites for hydroxylation is 2. The van der Waals surface area contributed by atoms with Crippen LogP contribution in [-0.4, -0.2) is 53.8 Å². The van der Waals surface area contributed by atoms with Gasteiger partial charge in [0.15, 0.2) is 5.76 Å².